The summed E-state index contributed by atoms with van der Waals surface area (Å²) >= 11 is 3.88. The lowest BCUT2D eigenvalue weighted by Gasteiger charge is -2.41. The Morgan fingerprint density at radius 2 is 2.35 bits per heavy atom. The van der Waals surface area contributed by atoms with Crippen LogP contribution in [0.3, 0.4) is 0 Å². The zero-order valence-corrected chi connectivity index (χ0v) is 14.6. The average Bonchev–Trinajstić information content (AvgIpc) is 2.92. The van der Waals surface area contributed by atoms with Gasteiger partial charge in [0.1, 0.15) is 5.01 Å². The van der Waals surface area contributed by atoms with Gasteiger partial charge in [-0.1, -0.05) is 20.8 Å². The van der Waals surface area contributed by atoms with Crippen LogP contribution in [-0.4, -0.2) is 36.2 Å². The number of rotatable bonds is 6. The molecule has 0 aliphatic carbocycles. The topological polar surface area (TPSA) is 34.1 Å². The van der Waals surface area contributed by atoms with Crippen molar-refractivity contribution in [1.82, 2.24) is 10.3 Å². The van der Waals surface area contributed by atoms with E-state index in [4.69, 9.17) is 9.72 Å². The summed E-state index contributed by atoms with van der Waals surface area (Å²) in [5.41, 5.74) is 1.25. The molecule has 0 bridgehead atoms. The number of hydrogen-bond donors (Lipinski definition) is 1. The summed E-state index contributed by atoms with van der Waals surface area (Å²) in [4.78, 5) is 4.94. The highest BCUT2D eigenvalue weighted by Gasteiger charge is 2.42. The molecule has 0 radical (unpaired) electrons. The van der Waals surface area contributed by atoms with E-state index in [1.165, 1.54) is 29.3 Å². The molecule has 1 N–H and O–H groups in total. The van der Waals surface area contributed by atoms with Crippen molar-refractivity contribution in [3.8, 4) is 0 Å². The van der Waals surface area contributed by atoms with Gasteiger partial charge < -0.3 is 10.1 Å². The Morgan fingerprint density at radius 3 is 2.95 bits per heavy atom. The molecule has 5 heteroatoms. The number of ether oxygens (including phenoxy) is 1. The first-order valence-electron chi connectivity index (χ1n) is 7.41. The minimum Gasteiger partial charge on any atom is -0.383 e. The third-order valence-corrected chi connectivity index (χ3v) is 6.48. The van der Waals surface area contributed by atoms with Gasteiger partial charge in [0.2, 0.25) is 0 Å². The van der Waals surface area contributed by atoms with Crippen LogP contribution >= 0.6 is 23.1 Å². The third kappa shape index (κ3) is 3.38. The van der Waals surface area contributed by atoms with E-state index in [-0.39, 0.29) is 5.54 Å². The zero-order chi connectivity index (χ0) is 14.6. The van der Waals surface area contributed by atoms with Gasteiger partial charge >= 0.3 is 0 Å². The van der Waals surface area contributed by atoms with Gasteiger partial charge in [-0.3, -0.25) is 0 Å². The van der Waals surface area contributed by atoms with E-state index in [1.807, 2.05) is 11.3 Å². The van der Waals surface area contributed by atoms with Gasteiger partial charge in [0, 0.05) is 24.3 Å². The van der Waals surface area contributed by atoms with E-state index in [2.05, 4.69) is 43.2 Å². The van der Waals surface area contributed by atoms with Crippen LogP contribution in [0.25, 0.3) is 0 Å². The minimum absolute atomic E-state index is 0.0270. The van der Waals surface area contributed by atoms with Crippen molar-refractivity contribution in [2.75, 3.05) is 26.0 Å². The van der Waals surface area contributed by atoms with Crippen LogP contribution in [0, 0.1) is 0 Å². The monoisotopic (exact) mass is 314 g/mol. The smallest absolute Gasteiger partial charge is 0.114 e. The first kappa shape index (κ1) is 16.3. The van der Waals surface area contributed by atoms with Crippen LogP contribution in [0.1, 0.15) is 50.2 Å². The molecule has 20 heavy (non-hydrogen) atoms. The van der Waals surface area contributed by atoms with Crippen LogP contribution in [0.2, 0.25) is 0 Å². The maximum atomic E-state index is 5.21. The van der Waals surface area contributed by atoms with Crippen molar-refractivity contribution in [1.29, 1.82) is 0 Å². The van der Waals surface area contributed by atoms with Crippen LogP contribution in [-0.2, 0) is 10.3 Å². The van der Waals surface area contributed by atoms with E-state index in [0.717, 1.165) is 13.2 Å². The van der Waals surface area contributed by atoms with Gasteiger partial charge in [-0.05, 0) is 24.5 Å². The molecule has 0 aromatic carbocycles. The fourth-order valence-electron chi connectivity index (χ4n) is 2.68. The number of aromatic nitrogens is 1. The normalized spacial score (nSPS) is 27.1. The Hall–Kier alpha value is -0.100. The fraction of sp³-hybridized carbons (Fsp3) is 0.800. The largest absolute Gasteiger partial charge is 0.383 e. The van der Waals surface area contributed by atoms with Crippen LogP contribution < -0.4 is 5.32 Å². The number of thioether (sulfide) groups is 1. The third-order valence-electron chi connectivity index (χ3n) is 4.02. The Labute approximate surface area is 130 Å². The quantitative estimate of drug-likeness (QED) is 0.813. The molecule has 2 heterocycles. The van der Waals surface area contributed by atoms with E-state index < -0.39 is 0 Å². The standard InChI is InChI=1S/C15H26N2OS2/c1-11(2)13-10-20-14(17-13)15(16-7-8-18-4)6-5-9-19-12(15)3/h10-12,16H,5-9H2,1-4H3. The van der Waals surface area contributed by atoms with E-state index in [9.17, 15) is 0 Å². The Morgan fingerprint density at radius 1 is 1.55 bits per heavy atom. The second-order valence-electron chi connectivity index (χ2n) is 5.74. The maximum absolute atomic E-state index is 5.21. The molecule has 1 aliphatic rings. The molecular formula is C15H26N2OS2. The highest BCUT2D eigenvalue weighted by Crippen LogP contribution is 2.43. The van der Waals surface area contributed by atoms with Gasteiger partial charge in [0.15, 0.2) is 0 Å². The SMILES string of the molecule is COCCNC1(c2nc(C(C)C)cs2)CCCSC1C. The average molecular weight is 315 g/mol. The van der Waals surface area contributed by atoms with Gasteiger partial charge in [0.05, 0.1) is 17.8 Å². The zero-order valence-electron chi connectivity index (χ0n) is 12.9. The maximum Gasteiger partial charge on any atom is 0.114 e. The molecule has 0 saturated carbocycles. The Balaban J connectivity index is 2.24. The van der Waals surface area contributed by atoms with Crippen LogP contribution in [0.4, 0.5) is 0 Å². The Kier molecular flexibility index (Phi) is 5.90. The van der Waals surface area contributed by atoms with Crippen molar-refractivity contribution < 1.29 is 4.74 Å². The van der Waals surface area contributed by atoms with E-state index >= 15 is 0 Å². The summed E-state index contributed by atoms with van der Waals surface area (Å²) in [7, 11) is 1.76. The molecule has 3 nitrogen and oxygen atoms in total. The molecule has 2 unspecified atom stereocenters. The van der Waals surface area contributed by atoms with Crippen molar-refractivity contribution in [2.45, 2.75) is 50.3 Å². The van der Waals surface area contributed by atoms with Gasteiger partial charge in [-0.25, -0.2) is 4.98 Å². The number of nitrogens with zero attached hydrogens (tertiary/aromatic N) is 1. The predicted octanol–water partition coefficient (Wildman–Crippen LogP) is 3.61. The van der Waals surface area contributed by atoms with Gasteiger partial charge in [-0.2, -0.15) is 11.8 Å². The molecule has 1 aromatic heterocycles. The number of thiazole rings is 1. The second kappa shape index (κ2) is 7.25. The highest BCUT2D eigenvalue weighted by molar-refractivity contribution is 8.00. The van der Waals surface area contributed by atoms with Crippen molar-refractivity contribution >= 4 is 23.1 Å². The van der Waals surface area contributed by atoms with Gasteiger partial charge in [0.25, 0.3) is 0 Å². The summed E-state index contributed by atoms with van der Waals surface area (Å²) in [6.45, 7) is 8.39. The lowest BCUT2D eigenvalue weighted by Crippen LogP contribution is -2.52. The van der Waals surface area contributed by atoms with Crippen molar-refractivity contribution in [3.63, 3.8) is 0 Å². The fourth-order valence-corrected chi connectivity index (χ4v) is 5.29. The molecular weight excluding hydrogens is 288 g/mol. The molecule has 1 saturated heterocycles. The summed E-state index contributed by atoms with van der Waals surface area (Å²) in [5, 5.41) is 7.80. The lowest BCUT2D eigenvalue weighted by atomic mass is 9.90. The Bertz CT molecular complexity index is 422. The molecule has 0 amide bonds. The molecule has 1 fully saturated rings. The second-order valence-corrected chi connectivity index (χ2v) is 8.05. The summed E-state index contributed by atoms with van der Waals surface area (Å²) in [5.74, 6) is 1.76. The summed E-state index contributed by atoms with van der Waals surface area (Å²) in [6, 6.07) is 0. The number of methoxy groups -OCH3 is 1. The van der Waals surface area contributed by atoms with Crippen LogP contribution in [0.15, 0.2) is 5.38 Å². The predicted molar refractivity (Wildman–Crippen MR) is 88.9 cm³/mol. The molecule has 2 atom stereocenters. The number of hydrogen-bond acceptors (Lipinski definition) is 5. The van der Waals surface area contributed by atoms with Crippen molar-refractivity contribution in [3.05, 3.63) is 16.1 Å². The minimum atomic E-state index is 0.0270. The molecule has 114 valence electrons. The lowest BCUT2D eigenvalue weighted by molar-refractivity contribution is 0.178. The van der Waals surface area contributed by atoms with Crippen molar-refractivity contribution in [2.24, 2.45) is 0 Å². The molecule has 2 rings (SSSR count). The first-order valence-corrected chi connectivity index (χ1v) is 9.34. The number of nitrogens with one attached hydrogen (secondary N) is 1. The molecule has 0 spiro atoms. The first-order chi connectivity index (χ1) is 9.60. The van der Waals surface area contributed by atoms with Gasteiger partial charge in [-0.15, -0.1) is 11.3 Å². The molecule has 1 aliphatic heterocycles. The summed E-state index contributed by atoms with van der Waals surface area (Å²) in [6.07, 6.45) is 2.43. The molecule has 1 aromatic rings. The van der Waals surface area contributed by atoms with Crippen LogP contribution in [0.5, 0.6) is 0 Å². The summed E-state index contributed by atoms with van der Waals surface area (Å²) < 4.78 is 5.21. The highest BCUT2D eigenvalue weighted by atomic mass is 32.2. The van der Waals surface area contributed by atoms with E-state index in [0.29, 0.717) is 11.2 Å². The van der Waals surface area contributed by atoms with E-state index in [1.54, 1.807) is 7.11 Å².